The highest BCUT2D eigenvalue weighted by molar-refractivity contribution is 7.93. The second-order valence-electron chi connectivity index (χ2n) is 6.68. The van der Waals surface area contributed by atoms with Crippen molar-refractivity contribution in [2.75, 3.05) is 26.7 Å². The molecule has 2 N–H and O–H groups in total. The van der Waals surface area contributed by atoms with Gasteiger partial charge in [-0.05, 0) is 19.1 Å². The standard InChI is InChI=1S/C16H24N3O5S2.ClH/c1-3-24-14(20)16(17,26(22,23)13-7-5-4-6-8-13)15(18-21)9-11-19(2,25)12-10-15;/h4-8,25H,3,9-12,17H2,1-2H3;1H/q+1;/p-1/t15?,16-,19?;/m1./s1. The number of hydrogen-bond donors (Lipinski definition) is 2. The molecule has 0 unspecified atom stereocenters. The van der Waals surface area contributed by atoms with Gasteiger partial charge >= 0.3 is 5.97 Å². The highest BCUT2D eigenvalue weighted by Crippen LogP contribution is 2.43. The number of esters is 1. The van der Waals surface area contributed by atoms with E-state index in [0.29, 0.717) is 13.1 Å². The van der Waals surface area contributed by atoms with Gasteiger partial charge in [-0.2, -0.15) is 4.91 Å². The van der Waals surface area contributed by atoms with Crippen LogP contribution in [0.15, 0.2) is 40.4 Å². The molecule has 0 amide bonds. The van der Waals surface area contributed by atoms with E-state index in [4.69, 9.17) is 10.5 Å². The van der Waals surface area contributed by atoms with E-state index in [2.05, 4.69) is 18.0 Å². The fourth-order valence-electron chi connectivity index (χ4n) is 3.19. The summed E-state index contributed by atoms with van der Waals surface area (Å²) < 4.78 is 32.0. The molecular formula is C16H24ClN3O5S2. The fourth-order valence-corrected chi connectivity index (χ4v) is 5.30. The van der Waals surface area contributed by atoms with Gasteiger partial charge in [0.25, 0.3) is 4.87 Å². The Bertz CT molecular complexity index is 779. The van der Waals surface area contributed by atoms with E-state index in [1.54, 1.807) is 6.07 Å². The molecular weight excluding hydrogens is 414 g/mol. The molecule has 1 heterocycles. The predicted molar refractivity (Wildman–Crippen MR) is 99.8 cm³/mol. The van der Waals surface area contributed by atoms with Crippen molar-refractivity contribution < 1.29 is 34.2 Å². The number of quaternary nitrogens is 1. The number of benzene rings is 1. The number of thiol groups is 1. The molecule has 0 radical (unpaired) electrons. The largest absolute Gasteiger partial charge is 1.00 e. The third-order valence-electron chi connectivity index (χ3n) is 4.94. The summed E-state index contributed by atoms with van der Waals surface area (Å²) in [6.45, 7) is 2.13. The first-order valence-corrected chi connectivity index (χ1v) is 10.1. The molecule has 1 fully saturated rings. The zero-order valence-corrected chi connectivity index (χ0v) is 17.6. The van der Waals surface area contributed by atoms with E-state index in [0.717, 1.165) is 0 Å². The summed E-state index contributed by atoms with van der Waals surface area (Å²) >= 11 is 4.45. The number of carbonyl (C=O) groups excluding carboxylic acids is 1. The third-order valence-corrected chi connectivity index (χ3v) is 7.62. The highest BCUT2D eigenvalue weighted by Gasteiger charge is 2.67. The van der Waals surface area contributed by atoms with Gasteiger partial charge in [-0.1, -0.05) is 23.4 Å². The van der Waals surface area contributed by atoms with E-state index in [9.17, 15) is 18.1 Å². The number of halogens is 1. The van der Waals surface area contributed by atoms with Gasteiger partial charge in [-0.15, -0.1) is 0 Å². The van der Waals surface area contributed by atoms with Crippen molar-refractivity contribution in [1.82, 2.24) is 0 Å². The number of piperidine rings is 1. The lowest BCUT2D eigenvalue weighted by Gasteiger charge is -2.45. The van der Waals surface area contributed by atoms with E-state index in [1.165, 1.54) is 31.2 Å². The van der Waals surface area contributed by atoms with Gasteiger partial charge in [0.2, 0.25) is 9.84 Å². The Hall–Kier alpha value is -1.20. The zero-order chi connectivity index (χ0) is 19.6. The van der Waals surface area contributed by atoms with Gasteiger partial charge in [0.05, 0.1) is 44.5 Å². The van der Waals surface area contributed by atoms with Crippen molar-refractivity contribution in [2.45, 2.75) is 35.1 Å². The second kappa shape index (κ2) is 8.44. The first-order chi connectivity index (χ1) is 12.1. The lowest BCUT2D eigenvalue weighted by molar-refractivity contribution is -0.778. The summed E-state index contributed by atoms with van der Waals surface area (Å²) in [5, 5.41) is 3.11. The third kappa shape index (κ3) is 4.00. The molecule has 1 aliphatic rings. The monoisotopic (exact) mass is 437 g/mol. The number of hydrogen-bond acceptors (Lipinski definition) is 8. The predicted octanol–water partition coefficient (Wildman–Crippen LogP) is -1.73. The van der Waals surface area contributed by atoms with Crippen LogP contribution < -0.4 is 18.1 Å². The molecule has 11 heteroatoms. The maximum atomic E-state index is 13.3. The maximum Gasteiger partial charge on any atom is 0.345 e. The Morgan fingerprint density at radius 3 is 2.30 bits per heavy atom. The van der Waals surface area contributed by atoms with Crippen LogP contribution in [0.2, 0.25) is 0 Å². The Morgan fingerprint density at radius 1 is 1.33 bits per heavy atom. The average molecular weight is 438 g/mol. The Morgan fingerprint density at radius 2 is 1.85 bits per heavy atom. The summed E-state index contributed by atoms with van der Waals surface area (Å²) in [5.41, 5.74) is 4.42. The van der Waals surface area contributed by atoms with Crippen molar-refractivity contribution in [3.63, 3.8) is 0 Å². The van der Waals surface area contributed by atoms with Crippen molar-refractivity contribution >= 4 is 28.6 Å². The lowest BCUT2D eigenvalue weighted by atomic mass is 9.81. The van der Waals surface area contributed by atoms with Crippen LogP contribution in [0.3, 0.4) is 0 Å². The molecule has 1 aromatic carbocycles. The number of sulfone groups is 1. The summed E-state index contributed by atoms with van der Waals surface area (Å²) in [5.74, 6) is -1.17. The molecule has 2 rings (SSSR count). The van der Waals surface area contributed by atoms with E-state index >= 15 is 0 Å². The van der Waals surface area contributed by atoms with E-state index < -0.39 is 26.2 Å². The minimum atomic E-state index is -4.45. The Balaban J connectivity index is 0.00000364. The molecule has 0 aromatic heterocycles. The van der Waals surface area contributed by atoms with Crippen LogP contribution >= 0.6 is 12.8 Å². The van der Waals surface area contributed by atoms with Crippen LogP contribution in [0.4, 0.5) is 0 Å². The van der Waals surface area contributed by atoms with Crippen LogP contribution in [0.25, 0.3) is 0 Å². The first kappa shape index (κ1) is 23.8. The molecule has 1 atom stereocenters. The van der Waals surface area contributed by atoms with Gasteiger partial charge in [0.1, 0.15) is 0 Å². The van der Waals surface area contributed by atoms with Gasteiger partial charge < -0.3 is 22.9 Å². The SMILES string of the molecule is CCOC(=O)[C@](N)(C1(N=O)CC[N+](C)(S)CC1)S(=O)(=O)c1ccccc1.[Cl-]. The van der Waals surface area contributed by atoms with Gasteiger partial charge in [0, 0.05) is 12.8 Å². The van der Waals surface area contributed by atoms with E-state index in [1.807, 2.05) is 7.05 Å². The van der Waals surface area contributed by atoms with Crippen molar-refractivity contribution in [3.05, 3.63) is 35.2 Å². The minimum Gasteiger partial charge on any atom is -1.00 e. The first-order valence-electron chi connectivity index (χ1n) is 8.24. The Labute approximate surface area is 170 Å². The molecule has 1 saturated heterocycles. The molecule has 8 nitrogen and oxygen atoms in total. The molecule has 0 saturated carbocycles. The number of rotatable bonds is 6. The van der Waals surface area contributed by atoms with Crippen molar-refractivity contribution in [2.24, 2.45) is 10.9 Å². The maximum absolute atomic E-state index is 13.3. The number of nitroso groups, excluding NO2 is 1. The number of ether oxygens (including phenoxy) is 1. The summed E-state index contributed by atoms with van der Waals surface area (Å²) in [4.78, 5) is 21.9. The van der Waals surface area contributed by atoms with Gasteiger partial charge in [-0.25, -0.2) is 13.2 Å². The molecule has 0 bridgehead atoms. The molecule has 1 aromatic rings. The van der Waals surface area contributed by atoms with Crippen molar-refractivity contribution in [3.8, 4) is 0 Å². The number of likely N-dealkylation sites (tertiary alicyclic amines) is 1. The quantitative estimate of drug-likeness (QED) is 0.236. The van der Waals surface area contributed by atoms with Gasteiger partial charge in [-0.3, -0.25) is 3.89 Å². The molecule has 0 spiro atoms. The van der Waals surface area contributed by atoms with Crippen LogP contribution in [0, 0.1) is 4.91 Å². The van der Waals surface area contributed by atoms with E-state index in [-0.39, 0.29) is 40.6 Å². The molecule has 0 aliphatic carbocycles. The molecule has 1 aliphatic heterocycles. The molecule has 152 valence electrons. The zero-order valence-electron chi connectivity index (χ0n) is 15.2. The number of carbonyl (C=O) groups is 1. The fraction of sp³-hybridized carbons (Fsp3) is 0.562. The van der Waals surface area contributed by atoms with Crippen LogP contribution in [-0.4, -0.2) is 55.4 Å². The van der Waals surface area contributed by atoms with Crippen LogP contribution in [0.5, 0.6) is 0 Å². The lowest BCUT2D eigenvalue weighted by Crippen LogP contribution is -3.00. The normalized spacial score (nSPS) is 27.7. The summed E-state index contributed by atoms with van der Waals surface area (Å²) in [7, 11) is -2.63. The summed E-state index contributed by atoms with van der Waals surface area (Å²) in [6, 6.07) is 7.33. The number of nitrogens with zero attached hydrogens (tertiary/aromatic N) is 2. The average Bonchev–Trinajstić information content (AvgIpc) is 2.62. The smallest absolute Gasteiger partial charge is 0.345 e. The summed E-state index contributed by atoms with van der Waals surface area (Å²) in [6.07, 6.45) is -0.00421. The Kier molecular flexibility index (Phi) is 7.45. The number of nitrogens with two attached hydrogens (primary N) is 1. The van der Waals surface area contributed by atoms with Crippen LogP contribution in [-0.2, 0) is 19.4 Å². The van der Waals surface area contributed by atoms with Gasteiger partial charge in [0.15, 0.2) is 5.54 Å². The second-order valence-corrected chi connectivity index (χ2v) is 9.77. The topological polar surface area (TPSA) is 116 Å². The minimum absolute atomic E-state index is 0. The van der Waals surface area contributed by atoms with Crippen molar-refractivity contribution in [1.29, 1.82) is 0 Å². The molecule has 27 heavy (non-hydrogen) atoms. The van der Waals surface area contributed by atoms with Crippen LogP contribution in [0.1, 0.15) is 19.8 Å². The highest BCUT2D eigenvalue weighted by atomic mass is 35.5.